The molecule has 1 rings (SSSR count). The molecule has 1 N–H and O–H groups in total. The van der Waals surface area contributed by atoms with Crippen LogP contribution in [0.2, 0.25) is 5.02 Å². The van der Waals surface area contributed by atoms with Gasteiger partial charge in [-0.15, -0.1) is 0 Å². The molecular weight excluding hydrogens is 235 g/mol. The van der Waals surface area contributed by atoms with Crippen LogP contribution in [-0.2, 0) is 6.42 Å². The fourth-order valence-electron chi connectivity index (χ4n) is 1.29. The molecule has 0 saturated carbocycles. The molecule has 0 fully saturated rings. The maximum absolute atomic E-state index is 12.8. The number of halogens is 2. The Morgan fingerprint density at radius 1 is 1.53 bits per heavy atom. The van der Waals surface area contributed by atoms with E-state index >= 15 is 0 Å². The summed E-state index contributed by atoms with van der Waals surface area (Å²) in [5.74, 6) is 0.509. The number of rotatable bonds is 5. The predicted molar refractivity (Wildman–Crippen MR) is 64.1 cm³/mol. The topological polar surface area (TPSA) is 20.2 Å². The number of hydrogen-bond donors (Lipinski definition) is 1. The lowest BCUT2D eigenvalue weighted by Gasteiger charge is -2.09. The van der Waals surface area contributed by atoms with Crippen LogP contribution in [0.15, 0.2) is 18.2 Å². The quantitative estimate of drug-likeness (QED) is 0.864. The second-order valence-electron chi connectivity index (χ2n) is 3.39. The molecule has 84 valence electrons. The summed E-state index contributed by atoms with van der Waals surface area (Å²) in [5, 5.41) is 9.76. The van der Waals surface area contributed by atoms with E-state index in [4.69, 9.17) is 11.6 Å². The Balaban J connectivity index is 2.53. The summed E-state index contributed by atoms with van der Waals surface area (Å²) in [6.45, 7) is 0. The Morgan fingerprint density at radius 3 is 2.87 bits per heavy atom. The highest BCUT2D eigenvalue weighted by Gasteiger charge is 2.07. The largest absolute Gasteiger partial charge is 0.393 e. The minimum absolute atomic E-state index is 0.115. The molecule has 15 heavy (non-hydrogen) atoms. The van der Waals surface area contributed by atoms with Crippen LogP contribution in [0.5, 0.6) is 0 Å². The van der Waals surface area contributed by atoms with Crippen LogP contribution < -0.4 is 0 Å². The second kappa shape index (κ2) is 6.36. The van der Waals surface area contributed by atoms with Crippen LogP contribution in [0.25, 0.3) is 0 Å². The normalized spacial score (nSPS) is 12.8. The molecule has 0 bridgehead atoms. The molecule has 0 aliphatic carbocycles. The molecule has 0 heterocycles. The molecule has 1 aromatic carbocycles. The summed E-state index contributed by atoms with van der Waals surface area (Å²) < 4.78 is 12.8. The van der Waals surface area contributed by atoms with Gasteiger partial charge in [0.1, 0.15) is 5.82 Å². The highest BCUT2D eigenvalue weighted by molar-refractivity contribution is 7.98. The van der Waals surface area contributed by atoms with Crippen LogP contribution in [0, 0.1) is 5.82 Å². The minimum atomic E-state index is -0.418. The molecule has 0 aliphatic heterocycles. The zero-order chi connectivity index (χ0) is 11.3. The average Bonchev–Trinajstić information content (AvgIpc) is 2.20. The second-order valence-corrected chi connectivity index (χ2v) is 4.78. The maximum Gasteiger partial charge on any atom is 0.141 e. The number of aliphatic hydroxyl groups excluding tert-OH is 1. The van der Waals surface area contributed by atoms with Crippen LogP contribution >= 0.6 is 23.4 Å². The fourth-order valence-corrected chi connectivity index (χ4v) is 2.01. The minimum Gasteiger partial charge on any atom is -0.393 e. The van der Waals surface area contributed by atoms with Gasteiger partial charge in [-0.05, 0) is 42.5 Å². The zero-order valence-corrected chi connectivity index (χ0v) is 10.1. The molecule has 0 saturated heterocycles. The first kappa shape index (κ1) is 12.8. The van der Waals surface area contributed by atoms with Gasteiger partial charge in [-0.25, -0.2) is 4.39 Å². The Hall–Kier alpha value is -0.250. The van der Waals surface area contributed by atoms with E-state index in [0.717, 1.165) is 17.7 Å². The predicted octanol–water partition coefficient (Wildman–Crippen LogP) is 3.14. The third-order valence-electron chi connectivity index (χ3n) is 2.11. The van der Waals surface area contributed by atoms with Crippen molar-refractivity contribution < 1.29 is 9.50 Å². The van der Waals surface area contributed by atoms with E-state index in [2.05, 4.69) is 0 Å². The lowest BCUT2D eigenvalue weighted by molar-refractivity contribution is 0.172. The first-order chi connectivity index (χ1) is 7.13. The van der Waals surface area contributed by atoms with Crippen molar-refractivity contribution in [2.75, 3.05) is 12.0 Å². The van der Waals surface area contributed by atoms with E-state index in [0.29, 0.717) is 6.42 Å². The average molecular weight is 249 g/mol. The molecule has 4 heteroatoms. The van der Waals surface area contributed by atoms with Crippen molar-refractivity contribution in [1.29, 1.82) is 0 Å². The Kier molecular flexibility index (Phi) is 5.43. The van der Waals surface area contributed by atoms with Crippen molar-refractivity contribution in [3.63, 3.8) is 0 Å². The number of thioether (sulfide) groups is 1. The van der Waals surface area contributed by atoms with Crippen LogP contribution in [0.4, 0.5) is 4.39 Å². The van der Waals surface area contributed by atoms with E-state index in [1.54, 1.807) is 23.9 Å². The van der Waals surface area contributed by atoms with Gasteiger partial charge in [0.2, 0.25) is 0 Å². The van der Waals surface area contributed by atoms with Crippen molar-refractivity contribution in [2.45, 2.75) is 18.9 Å². The Bertz CT molecular complexity index is 319. The van der Waals surface area contributed by atoms with E-state index in [9.17, 15) is 9.50 Å². The van der Waals surface area contributed by atoms with Gasteiger partial charge < -0.3 is 5.11 Å². The molecule has 0 amide bonds. The van der Waals surface area contributed by atoms with Crippen LogP contribution in [0.1, 0.15) is 12.0 Å². The summed E-state index contributed by atoms with van der Waals surface area (Å²) >= 11 is 7.34. The van der Waals surface area contributed by atoms with Crippen molar-refractivity contribution in [1.82, 2.24) is 0 Å². The van der Waals surface area contributed by atoms with Gasteiger partial charge in [-0.2, -0.15) is 11.8 Å². The summed E-state index contributed by atoms with van der Waals surface area (Å²) in [4.78, 5) is 0. The highest BCUT2D eigenvalue weighted by atomic mass is 35.5. The molecular formula is C11H14ClFOS. The van der Waals surface area contributed by atoms with Gasteiger partial charge in [0.15, 0.2) is 0 Å². The fraction of sp³-hybridized carbons (Fsp3) is 0.455. The SMILES string of the molecule is CSCCC(O)Cc1ccc(F)c(Cl)c1. The molecule has 1 atom stereocenters. The number of benzene rings is 1. The van der Waals surface area contributed by atoms with Gasteiger partial charge in [0, 0.05) is 0 Å². The lowest BCUT2D eigenvalue weighted by atomic mass is 10.1. The molecule has 0 aliphatic rings. The molecule has 0 aromatic heterocycles. The third-order valence-corrected chi connectivity index (χ3v) is 3.04. The van der Waals surface area contributed by atoms with Crippen LogP contribution in [-0.4, -0.2) is 23.2 Å². The molecule has 0 spiro atoms. The zero-order valence-electron chi connectivity index (χ0n) is 8.54. The van der Waals surface area contributed by atoms with E-state index < -0.39 is 5.82 Å². The summed E-state index contributed by atoms with van der Waals surface area (Å²) in [6.07, 6.45) is 2.90. The standard InChI is InChI=1S/C11H14ClFOS/c1-15-5-4-9(14)6-8-2-3-11(13)10(12)7-8/h2-3,7,9,14H,4-6H2,1H3. The first-order valence-electron chi connectivity index (χ1n) is 4.74. The van der Waals surface area contributed by atoms with Gasteiger partial charge in [0.25, 0.3) is 0 Å². The van der Waals surface area contributed by atoms with E-state index in [1.807, 2.05) is 6.26 Å². The maximum atomic E-state index is 12.8. The highest BCUT2D eigenvalue weighted by Crippen LogP contribution is 2.17. The van der Waals surface area contributed by atoms with Gasteiger partial charge in [-0.1, -0.05) is 17.7 Å². The van der Waals surface area contributed by atoms with Crippen LogP contribution in [0.3, 0.4) is 0 Å². The monoisotopic (exact) mass is 248 g/mol. The van der Waals surface area contributed by atoms with Gasteiger partial charge in [-0.3, -0.25) is 0 Å². The summed E-state index contributed by atoms with van der Waals surface area (Å²) in [6, 6.07) is 4.56. The van der Waals surface area contributed by atoms with Gasteiger partial charge >= 0.3 is 0 Å². The Labute approximate surface area is 98.6 Å². The van der Waals surface area contributed by atoms with Crippen molar-refractivity contribution in [2.24, 2.45) is 0 Å². The third kappa shape index (κ3) is 4.41. The van der Waals surface area contributed by atoms with Crippen molar-refractivity contribution in [3.05, 3.63) is 34.6 Å². The number of hydrogen-bond acceptors (Lipinski definition) is 2. The summed E-state index contributed by atoms with van der Waals surface area (Å²) in [7, 11) is 0. The van der Waals surface area contributed by atoms with E-state index in [1.165, 1.54) is 6.07 Å². The lowest BCUT2D eigenvalue weighted by Crippen LogP contribution is -2.11. The number of aliphatic hydroxyl groups is 1. The molecule has 1 unspecified atom stereocenters. The van der Waals surface area contributed by atoms with Crippen molar-refractivity contribution >= 4 is 23.4 Å². The first-order valence-corrected chi connectivity index (χ1v) is 6.51. The smallest absolute Gasteiger partial charge is 0.141 e. The molecule has 0 radical (unpaired) electrons. The van der Waals surface area contributed by atoms with E-state index in [-0.39, 0.29) is 11.1 Å². The molecule has 1 aromatic rings. The molecule has 1 nitrogen and oxygen atoms in total. The Morgan fingerprint density at radius 2 is 2.27 bits per heavy atom. The van der Waals surface area contributed by atoms with Gasteiger partial charge in [0.05, 0.1) is 11.1 Å². The summed E-state index contributed by atoms with van der Waals surface area (Å²) in [5.41, 5.74) is 0.870. The van der Waals surface area contributed by atoms with Crippen molar-refractivity contribution in [3.8, 4) is 0 Å².